The van der Waals surface area contributed by atoms with E-state index in [2.05, 4.69) is 64.7 Å². The molecule has 1 unspecified atom stereocenters. The molecule has 0 aliphatic carbocycles. The Morgan fingerprint density at radius 1 is 0.667 bits per heavy atom. The first kappa shape index (κ1) is 33.2. The Balaban J connectivity index is 1.55. The largest absolute Gasteiger partial charge is 0.360 e. The van der Waals surface area contributed by atoms with Crippen molar-refractivity contribution in [1.82, 2.24) is 14.8 Å². The summed E-state index contributed by atoms with van der Waals surface area (Å²) in [5.41, 5.74) is 8.64. The third-order valence-electron chi connectivity index (χ3n) is 9.60. The van der Waals surface area contributed by atoms with Crippen LogP contribution >= 0.6 is 11.6 Å². The highest BCUT2D eigenvalue weighted by Gasteiger charge is 2.48. The lowest BCUT2D eigenvalue weighted by atomic mass is 9.77. The fraction of sp³-hybridized carbons (Fsp3) is 0.293. The smallest absolute Gasteiger partial charge is 0.332 e. The molecule has 1 atom stereocenters. The zero-order chi connectivity index (χ0) is 34.7. The monoisotopic (exact) mass is 659 g/mol. The van der Waals surface area contributed by atoms with Gasteiger partial charge in [0.2, 0.25) is 11.8 Å². The summed E-state index contributed by atoms with van der Waals surface area (Å²) < 4.78 is 0. The standard InChI is InChI=1S/C41H42ClN3O3/c1-40(2,3)27-19-26(20-28(22-27)41(4,5)6)25-17-18-31(33(42)21-25)34(35-37(46)44(7)39(48)45(8)38(35)47)32-23-43-36-29(15-12-16-30(32)36)24-13-10-9-11-14-24/h9-23,34-35,43H,1-8H3. The summed E-state index contributed by atoms with van der Waals surface area (Å²) in [7, 11) is 2.83. The Hall–Kier alpha value is -4.68. The summed E-state index contributed by atoms with van der Waals surface area (Å²) in [6, 6.07) is 28.0. The lowest BCUT2D eigenvalue weighted by molar-refractivity contribution is -0.148. The summed E-state index contributed by atoms with van der Waals surface area (Å²) in [5.74, 6) is -3.09. The first-order valence-electron chi connectivity index (χ1n) is 16.3. The van der Waals surface area contributed by atoms with E-state index in [4.69, 9.17) is 11.6 Å². The molecule has 1 aliphatic rings. The van der Waals surface area contributed by atoms with Gasteiger partial charge >= 0.3 is 6.03 Å². The number of barbiturate groups is 1. The number of fused-ring (bicyclic) bond motifs is 1. The topological polar surface area (TPSA) is 73.5 Å². The number of hydrogen-bond acceptors (Lipinski definition) is 3. The van der Waals surface area contributed by atoms with E-state index in [-0.39, 0.29) is 10.8 Å². The van der Waals surface area contributed by atoms with Gasteiger partial charge in [0, 0.05) is 42.2 Å². The summed E-state index contributed by atoms with van der Waals surface area (Å²) in [5, 5.41) is 1.31. The van der Waals surface area contributed by atoms with E-state index in [1.807, 2.05) is 72.9 Å². The quantitative estimate of drug-likeness (QED) is 0.191. The number of rotatable bonds is 5. The van der Waals surface area contributed by atoms with Crippen molar-refractivity contribution in [3.63, 3.8) is 0 Å². The molecule has 1 aromatic heterocycles. The normalized spacial score (nSPS) is 15.5. The van der Waals surface area contributed by atoms with E-state index in [1.165, 1.54) is 25.2 Å². The minimum absolute atomic E-state index is 0.0595. The van der Waals surface area contributed by atoms with Crippen molar-refractivity contribution in [3.05, 3.63) is 118 Å². The molecule has 48 heavy (non-hydrogen) atoms. The average molecular weight is 660 g/mol. The van der Waals surface area contributed by atoms with Gasteiger partial charge in [-0.05, 0) is 55.8 Å². The van der Waals surface area contributed by atoms with Gasteiger partial charge in [0.15, 0.2) is 0 Å². The van der Waals surface area contributed by atoms with Gasteiger partial charge in [0.25, 0.3) is 0 Å². The molecule has 1 aliphatic heterocycles. The van der Waals surface area contributed by atoms with Crippen LogP contribution in [0.4, 0.5) is 4.79 Å². The number of H-pyrrole nitrogens is 1. The predicted molar refractivity (Wildman–Crippen MR) is 194 cm³/mol. The van der Waals surface area contributed by atoms with Crippen molar-refractivity contribution < 1.29 is 14.4 Å². The van der Waals surface area contributed by atoms with Crippen LogP contribution in [0.15, 0.2) is 91.1 Å². The van der Waals surface area contributed by atoms with E-state index in [9.17, 15) is 14.4 Å². The zero-order valence-electron chi connectivity index (χ0n) is 28.8. The summed E-state index contributed by atoms with van der Waals surface area (Å²) in [6.45, 7) is 13.3. The number of benzene rings is 4. The number of nitrogens with one attached hydrogen (secondary N) is 1. The summed E-state index contributed by atoms with van der Waals surface area (Å²) in [6.07, 6.45) is 1.87. The van der Waals surface area contributed by atoms with Crippen LogP contribution in [0.25, 0.3) is 33.2 Å². The second-order valence-corrected chi connectivity index (χ2v) is 15.3. The van der Waals surface area contributed by atoms with E-state index in [0.717, 1.165) is 48.5 Å². The van der Waals surface area contributed by atoms with Crippen LogP contribution < -0.4 is 0 Å². The number of carbonyl (C=O) groups excluding carboxylic acids is 3. The number of carbonyl (C=O) groups is 3. The molecule has 6 rings (SSSR count). The van der Waals surface area contributed by atoms with Crippen molar-refractivity contribution in [3.8, 4) is 22.3 Å². The lowest BCUT2D eigenvalue weighted by Crippen LogP contribution is -2.58. The van der Waals surface area contributed by atoms with Crippen molar-refractivity contribution >= 4 is 40.3 Å². The number of halogens is 1. The van der Waals surface area contributed by atoms with E-state index in [0.29, 0.717) is 10.6 Å². The van der Waals surface area contributed by atoms with Crippen LogP contribution in [0.3, 0.4) is 0 Å². The zero-order valence-corrected chi connectivity index (χ0v) is 29.6. The second-order valence-electron chi connectivity index (χ2n) is 14.9. The van der Waals surface area contributed by atoms with Gasteiger partial charge < -0.3 is 4.98 Å². The van der Waals surface area contributed by atoms with Crippen molar-refractivity contribution in [2.24, 2.45) is 5.92 Å². The number of hydrogen-bond donors (Lipinski definition) is 1. The molecule has 6 nitrogen and oxygen atoms in total. The molecule has 1 saturated heterocycles. The number of amides is 4. The van der Waals surface area contributed by atoms with Crippen LogP contribution in [-0.2, 0) is 20.4 Å². The summed E-state index contributed by atoms with van der Waals surface area (Å²) >= 11 is 7.22. The SMILES string of the molecule is CN1C(=O)C(C(c2ccc(-c3cc(C(C)(C)C)cc(C(C)(C)C)c3)cc2Cl)c2c[nH]c3c(-c4ccccc4)cccc23)C(=O)N(C)C1=O. The van der Waals surface area contributed by atoms with Gasteiger partial charge in [-0.25, -0.2) is 4.79 Å². The number of nitrogens with zero attached hydrogens (tertiary/aromatic N) is 2. The van der Waals surface area contributed by atoms with Crippen molar-refractivity contribution in [1.29, 1.82) is 0 Å². The second kappa shape index (κ2) is 12.1. The minimum atomic E-state index is -1.20. The maximum Gasteiger partial charge on any atom is 0.332 e. The number of aromatic nitrogens is 1. The molecule has 246 valence electrons. The molecule has 4 aromatic carbocycles. The van der Waals surface area contributed by atoms with Crippen molar-refractivity contribution in [2.75, 3.05) is 14.1 Å². The number of imide groups is 2. The van der Waals surface area contributed by atoms with Gasteiger partial charge in [-0.3, -0.25) is 19.4 Å². The highest BCUT2D eigenvalue weighted by Crippen LogP contribution is 2.45. The number of aromatic amines is 1. The molecule has 2 heterocycles. The third-order valence-corrected chi connectivity index (χ3v) is 9.93. The maximum absolute atomic E-state index is 13.9. The first-order valence-corrected chi connectivity index (χ1v) is 16.7. The number of urea groups is 1. The maximum atomic E-state index is 13.9. The highest BCUT2D eigenvalue weighted by atomic mass is 35.5. The van der Waals surface area contributed by atoms with E-state index >= 15 is 0 Å². The van der Waals surface area contributed by atoms with Gasteiger partial charge in [0.05, 0.1) is 5.52 Å². The Bertz CT molecular complexity index is 2010. The highest BCUT2D eigenvalue weighted by molar-refractivity contribution is 6.32. The van der Waals surface area contributed by atoms with E-state index in [1.54, 1.807) is 0 Å². The molecule has 1 N–H and O–H groups in total. The molecule has 4 amide bonds. The van der Waals surface area contributed by atoms with Crippen LogP contribution in [0.5, 0.6) is 0 Å². The predicted octanol–water partition coefficient (Wildman–Crippen LogP) is 9.55. The fourth-order valence-corrected chi connectivity index (χ4v) is 6.96. The first-order chi connectivity index (χ1) is 22.6. The lowest BCUT2D eigenvalue weighted by Gasteiger charge is -2.37. The molecule has 0 bridgehead atoms. The Kier molecular flexibility index (Phi) is 8.37. The van der Waals surface area contributed by atoms with Gasteiger partial charge in [0.1, 0.15) is 5.92 Å². The molecule has 0 radical (unpaired) electrons. The molecular formula is C41H42ClN3O3. The van der Waals surface area contributed by atoms with E-state index < -0.39 is 29.7 Å². The molecule has 0 spiro atoms. The van der Waals surface area contributed by atoms with Gasteiger partial charge in [-0.15, -0.1) is 0 Å². The molecule has 5 aromatic rings. The third kappa shape index (κ3) is 5.83. The molecule has 7 heteroatoms. The summed E-state index contributed by atoms with van der Waals surface area (Å²) in [4.78, 5) is 46.1. The van der Waals surface area contributed by atoms with Crippen molar-refractivity contribution in [2.45, 2.75) is 58.3 Å². The van der Waals surface area contributed by atoms with Gasteiger partial charge in [-0.1, -0.05) is 132 Å². The molecule has 0 saturated carbocycles. The molecular weight excluding hydrogens is 618 g/mol. The Labute approximate surface area is 287 Å². The Morgan fingerprint density at radius 2 is 1.27 bits per heavy atom. The Morgan fingerprint density at radius 3 is 1.83 bits per heavy atom. The van der Waals surface area contributed by atoms with Crippen LogP contribution in [0.1, 0.15) is 69.7 Å². The van der Waals surface area contributed by atoms with Crippen LogP contribution in [-0.4, -0.2) is 46.7 Å². The minimum Gasteiger partial charge on any atom is -0.360 e. The van der Waals surface area contributed by atoms with Crippen LogP contribution in [0.2, 0.25) is 5.02 Å². The molecule has 1 fully saturated rings. The average Bonchev–Trinajstić information content (AvgIpc) is 3.48. The van der Waals surface area contributed by atoms with Crippen LogP contribution in [0, 0.1) is 5.92 Å². The van der Waals surface area contributed by atoms with Gasteiger partial charge in [-0.2, -0.15) is 0 Å². The fourth-order valence-electron chi connectivity index (χ4n) is 6.66. The number of para-hydroxylation sites is 1.